The maximum absolute atomic E-state index is 12.8. The zero-order chi connectivity index (χ0) is 16.0. The zero-order valence-electron chi connectivity index (χ0n) is 12.3. The van der Waals surface area contributed by atoms with Crippen LogP contribution in [0.15, 0.2) is 48.7 Å². The predicted octanol–water partition coefficient (Wildman–Crippen LogP) is 4.04. The van der Waals surface area contributed by atoms with Gasteiger partial charge in [-0.15, -0.1) is 0 Å². The second-order valence-corrected chi connectivity index (χ2v) is 4.93. The molecule has 0 spiro atoms. The summed E-state index contributed by atoms with van der Waals surface area (Å²) in [4.78, 5) is 5.84. The number of benzene rings is 1. The normalized spacial score (nSPS) is 11.3. The summed E-state index contributed by atoms with van der Waals surface area (Å²) < 4.78 is 38.5. The van der Waals surface area contributed by atoms with Gasteiger partial charge in [0.2, 0.25) is 0 Å². The summed E-state index contributed by atoms with van der Waals surface area (Å²) in [7, 11) is 1.96. The number of rotatable bonds is 6. The fourth-order valence-electron chi connectivity index (χ4n) is 2.11. The molecule has 0 aliphatic heterocycles. The molecule has 118 valence electrons. The van der Waals surface area contributed by atoms with Crippen LogP contribution in [0.25, 0.3) is 0 Å². The third-order valence-corrected chi connectivity index (χ3v) is 3.27. The molecular weight excluding hydrogens is 291 g/mol. The highest BCUT2D eigenvalue weighted by Gasteiger charge is 2.33. The number of pyridine rings is 1. The van der Waals surface area contributed by atoms with Crippen molar-refractivity contribution in [3.05, 3.63) is 54.2 Å². The van der Waals surface area contributed by atoms with E-state index in [1.807, 2.05) is 37.4 Å². The van der Waals surface area contributed by atoms with Crippen molar-refractivity contribution in [2.45, 2.75) is 12.6 Å². The molecule has 0 saturated carbocycles. The van der Waals surface area contributed by atoms with E-state index in [1.165, 1.54) is 12.3 Å². The van der Waals surface area contributed by atoms with Crippen molar-refractivity contribution >= 4 is 11.5 Å². The van der Waals surface area contributed by atoms with Crippen LogP contribution in [0.4, 0.5) is 24.7 Å². The summed E-state index contributed by atoms with van der Waals surface area (Å²) >= 11 is 0. The summed E-state index contributed by atoms with van der Waals surface area (Å²) in [5.74, 6) is -0.114. The topological polar surface area (TPSA) is 28.2 Å². The Balaban J connectivity index is 1.85. The number of anilines is 2. The molecule has 2 rings (SSSR count). The molecule has 0 fully saturated rings. The highest BCUT2D eigenvalue weighted by molar-refractivity contribution is 5.46. The smallest absolute Gasteiger partial charge is 0.375 e. The van der Waals surface area contributed by atoms with Gasteiger partial charge in [0.1, 0.15) is 5.82 Å². The van der Waals surface area contributed by atoms with Crippen molar-refractivity contribution in [1.29, 1.82) is 0 Å². The molecule has 0 unspecified atom stereocenters. The van der Waals surface area contributed by atoms with Crippen molar-refractivity contribution < 1.29 is 13.2 Å². The molecule has 1 aromatic heterocycles. The monoisotopic (exact) mass is 309 g/mol. The SMILES string of the molecule is CN(CCCNc1ncccc1C(F)(F)F)c1ccccc1. The lowest BCUT2D eigenvalue weighted by Crippen LogP contribution is -2.21. The molecule has 0 atom stereocenters. The van der Waals surface area contributed by atoms with Crippen LogP contribution >= 0.6 is 0 Å². The standard InChI is InChI=1S/C16H18F3N3/c1-22(13-7-3-2-4-8-13)12-6-11-21-15-14(16(17,18)19)9-5-10-20-15/h2-5,7-10H,6,11-12H2,1H3,(H,20,21). The van der Waals surface area contributed by atoms with Gasteiger partial charge in [-0.25, -0.2) is 4.98 Å². The fourth-order valence-corrected chi connectivity index (χ4v) is 2.11. The van der Waals surface area contributed by atoms with Crippen molar-refractivity contribution in [3.8, 4) is 0 Å². The van der Waals surface area contributed by atoms with Gasteiger partial charge in [0.25, 0.3) is 0 Å². The molecule has 0 amide bonds. The Kier molecular flexibility index (Phi) is 5.25. The van der Waals surface area contributed by atoms with Crippen LogP contribution < -0.4 is 10.2 Å². The molecule has 0 aliphatic carbocycles. The molecule has 22 heavy (non-hydrogen) atoms. The highest BCUT2D eigenvalue weighted by atomic mass is 19.4. The number of halogens is 3. The summed E-state index contributed by atoms with van der Waals surface area (Å²) in [5, 5.41) is 2.77. The summed E-state index contributed by atoms with van der Waals surface area (Å²) in [5.41, 5.74) is 0.350. The van der Waals surface area contributed by atoms with Crippen molar-refractivity contribution in [3.63, 3.8) is 0 Å². The first-order chi connectivity index (χ1) is 10.5. The minimum Gasteiger partial charge on any atom is -0.375 e. The largest absolute Gasteiger partial charge is 0.419 e. The molecule has 1 N–H and O–H groups in total. The minimum atomic E-state index is -4.39. The van der Waals surface area contributed by atoms with E-state index >= 15 is 0 Å². The van der Waals surface area contributed by atoms with E-state index in [0.29, 0.717) is 13.0 Å². The summed E-state index contributed by atoms with van der Waals surface area (Å²) in [6, 6.07) is 12.2. The molecule has 1 aromatic carbocycles. The molecule has 3 nitrogen and oxygen atoms in total. The number of nitrogens with zero attached hydrogens (tertiary/aromatic N) is 2. The minimum absolute atomic E-state index is 0.114. The number of hydrogen-bond donors (Lipinski definition) is 1. The number of alkyl halides is 3. The Bertz CT molecular complexity index is 585. The fraction of sp³-hybridized carbons (Fsp3) is 0.312. The molecule has 2 aromatic rings. The van der Waals surface area contributed by atoms with Crippen LogP contribution in [-0.4, -0.2) is 25.1 Å². The lowest BCUT2D eigenvalue weighted by atomic mass is 10.2. The number of para-hydroxylation sites is 1. The van der Waals surface area contributed by atoms with Crippen molar-refractivity contribution in [1.82, 2.24) is 4.98 Å². The second-order valence-electron chi connectivity index (χ2n) is 4.93. The summed E-state index contributed by atoms with van der Waals surface area (Å²) in [6.07, 6.45) is -2.33. The third-order valence-electron chi connectivity index (χ3n) is 3.27. The Labute approximate surface area is 127 Å². The first-order valence-corrected chi connectivity index (χ1v) is 7.01. The molecule has 0 saturated heterocycles. The van der Waals surface area contributed by atoms with E-state index in [-0.39, 0.29) is 5.82 Å². The Morgan fingerprint density at radius 3 is 2.50 bits per heavy atom. The first-order valence-electron chi connectivity index (χ1n) is 7.01. The van der Waals surface area contributed by atoms with Gasteiger partial charge >= 0.3 is 6.18 Å². The molecule has 6 heteroatoms. The van der Waals surface area contributed by atoms with Crippen LogP contribution in [0.2, 0.25) is 0 Å². The second kappa shape index (κ2) is 7.15. The molecule has 1 heterocycles. The molecule has 0 aliphatic rings. The predicted molar refractivity (Wildman–Crippen MR) is 82.1 cm³/mol. The molecule has 0 bridgehead atoms. The number of nitrogens with one attached hydrogen (secondary N) is 1. The van der Waals surface area contributed by atoms with Gasteiger partial charge in [0.15, 0.2) is 0 Å². The van der Waals surface area contributed by atoms with Gasteiger partial charge in [-0.2, -0.15) is 13.2 Å². The lowest BCUT2D eigenvalue weighted by Gasteiger charge is -2.19. The average Bonchev–Trinajstić information content (AvgIpc) is 2.51. The molecular formula is C16H18F3N3. The van der Waals surface area contributed by atoms with Crippen molar-refractivity contribution in [2.24, 2.45) is 0 Å². The van der Waals surface area contributed by atoms with Crippen LogP contribution in [0, 0.1) is 0 Å². The number of hydrogen-bond acceptors (Lipinski definition) is 3. The van der Waals surface area contributed by atoms with Crippen LogP contribution in [0.3, 0.4) is 0 Å². The van der Waals surface area contributed by atoms with Crippen LogP contribution in [0.5, 0.6) is 0 Å². The van der Waals surface area contributed by atoms with Gasteiger partial charge in [0.05, 0.1) is 5.56 Å². The van der Waals surface area contributed by atoms with Gasteiger partial charge in [-0.3, -0.25) is 0 Å². The number of aromatic nitrogens is 1. The van der Waals surface area contributed by atoms with Gasteiger partial charge in [0, 0.05) is 32.0 Å². The van der Waals surface area contributed by atoms with Gasteiger partial charge < -0.3 is 10.2 Å². The van der Waals surface area contributed by atoms with Crippen LogP contribution in [-0.2, 0) is 6.18 Å². The van der Waals surface area contributed by atoms with E-state index in [9.17, 15) is 13.2 Å². The quantitative estimate of drug-likeness (QED) is 0.816. The third kappa shape index (κ3) is 4.38. The average molecular weight is 309 g/mol. The maximum atomic E-state index is 12.8. The molecule has 0 radical (unpaired) electrons. The Morgan fingerprint density at radius 1 is 1.09 bits per heavy atom. The maximum Gasteiger partial charge on any atom is 0.419 e. The Morgan fingerprint density at radius 2 is 1.82 bits per heavy atom. The lowest BCUT2D eigenvalue weighted by molar-refractivity contribution is -0.137. The van der Waals surface area contributed by atoms with Crippen molar-refractivity contribution in [2.75, 3.05) is 30.4 Å². The van der Waals surface area contributed by atoms with E-state index in [2.05, 4.69) is 15.2 Å². The van der Waals surface area contributed by atoms with Crippen LogP contribution in [0.1, 0.15) is 12.0 Å². The van der Waals surface area contributed by atoms with E-state index in [0.717, 1.165) is 18.3 Å². The van der Waals surface area contributed by atoms with Gasteiger partial charge in [-0.05, 0) is 30.7 Å². The van der Waals surface area contributed by atoms with Gasteiger partial charge in [-0.1, -0.05) is 18.2 Å². The summed E-state index contributed by atoms with van der Waals surface area (Å²) in [6.45, 7) is 1.17. The van der Waals surface area contributed by atoms with E-state index in [1.54, 1.807) is 0 Å². The first kappa shape index (κ1) is 16.1. The Hall–Kier alpha value is -2.24. The zero-order valence-corrected chi connectivity index (χ0v) is 12.3. The highest BCUT2D eigenvalue weighted by Crippen LogP contribution is 2.33. The van der Waals surface area contributed by atoms with E-state index in [4.69, 9.17) is 0 Å². The van der Waals surface area contributed by atoms with E-state index < -0.39 is 11.7 Å².